The molecule has 1 amide bonds. The molecule has 196 valence electrons. The van der Waals surface area contributed by atoms with Gasteiger partial charge in [0, 0.05) is 38.0 Å². The number of nitrogens with zero attached hydrogens (tertiary/aromatic N) is 2. The molecule has 3 heterocycles. The van der Waals surface area contributed by atoms with E-state index in [1.807, 2.05) is 23.1 Å². The fourth-order valence-electron chi connectivity index (χ4n) is 4.88. The van der Waals surface area contributed by atoms with Gasteiger partial charge >= 0.3 is 0 Å². The molecule has 1 aromatic carbocycles. The Bertz CT molecular complexity index is 1040. The van der Waals surface area contributed by atoms with Gasteiger partial charge in [0.25, 0.3) is 0 Å². The first-order valence-corrected chi connectivity index (χ1v) is 12.5. The van der Waals surface area contributed by atoms with E-state index in [9.17, 15) is 20.1 Å². The fourth-order valence-corrected chi connectivity index (χ4v) is 4.88. The molecule has 4 rings (SSSR count). The van der Waals surface area contributed by atoms with Gasteiger partial charge in [0.05, 0.1) is 31.9 Å². The smallest absolute Gasteiger partial charge is 0.226 e. The van der Waals surface area contributed by atoms with Gasteiger partial charge in [-0.15, -0.1) is 0 Å². The lowest BCUT2D eigenvalue weighted by Gasteiger charge is -2.37. The molecule has 1 atom stereocenters. The number of aromatic nitrogens is 1. The Kier molecular flexibility index (Phi) is 8.27. The first-order valence-electron chi connectivity index (χ1n) is 12.5. The van der Waals surface area contributed by atoms with Crippen LogP contribution in [0.15, 0.2) is 36.4 Å². The summed E-state index contributed by atoms with van der Waals surface area (Å²) in [5.74, 6) is -0.465. The van der Waals surface area contributed by atoms with Gasteiger partial charge in [-0.1, -0.05) is 24.3 Å². The van der Waals surface area contributed by atoms with Gasteiger partial charge in [0.1, 0.15) is 17.5 Å². The Morgan fingerprint density at radius 3 is 2.56 bits per heavy atom. The maximum Gasteiger partial charge on any atom is 0.226 e. The number of hydrogen-bond donors (Lipinski definition) is 4. The summed E-state index contributed by atoms with van der Waals surface area (Å²) in [5.41, 5.74) is 2.27. The average molecular weight is 500 g/mol. The summed E-state index contributed by atoms with van der Waals surface area (Å²) in [6, 6.07) is 11.0. The molecule has 0 radical (unpaired) electrons. The minimum Gasteiger partial charge on any atom is -0.506 e. The normalized spacial score (nSPS) is 18.5. The van der Waals surface area contributed by atoms with Gasteiger partial charge in [-0.2, -0.15) is 0 Å². The largest absolute Gasteiger partial charge is 0.506 e. The Morgan fingerprint density at radius 1 is 1.17 bits per heavy atom. The summed E-state index contributed by atoms with van der Waals surface area (Å²) in [7, 11) is 0. The van der Waals surface area contributed by atoms with E-state index < -0.39 is 18.5 Å². The second-order valence-corrected chi connectivity index (χ2v) is 10.3. The standard InChI is InChI=1S/C27H37N3O6/c1-26(2,28-17-24(33)21-6-7-23(32)22(18-31)29-21)16-20-5-3-4-19(14-20)15-25(34)30-10-8-27(9-11-30)35-12-13-36-27/h3-7,14,24,28,31-33H,8-13,15-18H2,1-2H3. The van der Waals surface area contributed by atoms with Crippen LogP contribution in [0.2, 0.25) is 0 Å². The van der Waals surface area contributed by atoms with Gasteiger partial charge in [-0.05, 0) is 43.5 Å². The Morgan fingerprint density at radius 2 is 1.86 bits per heavy atom. The maximum absolute atomic E-state index is 12.9. The first-order chi connectivity index (χ1) is 17.2. The SMILES string of the molecule is CC(C)(Cc1cccc(CC(=O)N2CCC3(CC2)OCCO3)c1)NCC(O)c1ccc(O)c(CO)n1. The van der Waals surface area contributed by atoms with Crippen LogP contribution in [0, 0.1) is 0 Å². The van der Waals surface area contributed by atoms with E-state index in [0.717, 1.165) is 11.1 Å². The number of aliphatic hydroxyl groups excluding tert-OH is 2. The Balaban J connectivity index is 1.29. The highest BCUT2D eigenvalue weighted by molar-refractivity contribution is 5.79. The number of rotatable bonds is 9. The minimum atomic E-state index is -0.886. The van der Waals surface area contributed by atoms with E-state index in [1.54, 1.807) is 6.07 Å². The van der Waals surface area contributed by atoms with Crippen molar-refractivity contribution in [3.05, 3.63) is 58.9 Å². The number of hydrogen-bond acceptors (Lipinski definition) is 8. The molecule has 1 spiro atoms. The van der Waals surface area contributed by atoms with Crippen molar-refractivity contribution >= 4 is 5.91 Å². The molecule has 9 nitrogen and oxygen atoms in total. The van der Waals surface area contributed by atoms with E-state index >= 15 is 0 Å². The summed E-state index contributed by atoms with van der Waals surface area (Å²) < 4.78 is 11.5. The van der Waals surface area contributed by atoms with Gasteiger partial charge in [-0.3, -0.25) is 4.79 Å². The van der Waals surface area contributed by atoms with Crippen molar-refractivity contribution in [2.45, 2.75) is 63.6 Å². The van der Waals surface area contributed by atoms with E-state index in [-0.39, 0.29) is 29.4 Å². The van der Waals surface area contributed by atoms with Crippen LogP contribution in [0.1, 0.15) is 55.3 Å². The average Bonchev–Trinajstić information content (AvgIpc) is 3.31. The zero-order valence-electron chi connectivity index (χ0n) is 21.1. The van der Waals surface area contributed by atoms with Crippen LogP contribution in [0.4, 0.5) is 0 Å². The van der Waals surface area contributed by atoms with Gasteiger partial charge in [-0.25, -0.2) is 4.98 Å². The molecule has 0 saturated carbocycles. The molecule has 9 heteroatoms. The summed E-state index contributed by atoms with van der Waals surface area (Å²) in [5, 5.41) is 32.9. The van der Waals surface area contributed by atoms with Gasteiger partial charge in [0.15, 0.2) is 5.79 Å². The van der Waals surface area contributed by atoms with Crippen LogP contribution in [0.5, 0.6) is 5.75 Å². The molecule has 2 fully saturated rings. The molecule has 2 saturated heterocycles. The number of aliphatic hydroxyl groups is 2. The number of likely N-dealkylation sites (tertiary alicyclic amines) is 1. The highest BCUT2D eigenvalue weighted by Crippen LogP contribution is 2.31. The molecule has 36 heavy (non-hydrogen) atoms. The first kappa shape index (κ1) is 26.5. The summed E-state index contributed by atoms with van der Waals surface area (Å²) in [4.78, 5) is 18.9. The van der Waals surface area contributed by atoms with E-state index in [0.29, 0.717) is 57.7 Å². The molecule has 2 aliphatic rings. The highest BCUT2D eigenvalue weighted by Gasteiger charge is 2.40. The number of pyridine rings is 1. The molecular weight excluding hydrogens is 462 g/mol. The number of benzene rings is 1. The van der Waals surface area contributed by atoms with Crippen LogP contribution in [-0.2, 0) is 33.7 Å². The van der Waals surface area contributed by atoms with Gasteiger partial charge in [0.2, 0.25) is 5.91 Å². The number of nitrogens with one attached hydrogen (secondary N) is 1. The third-order valence-corrected chi connectivity index (χ3v) is 6.92. The van der Waals surface area contributed by atoms with Crippen molar-refractivity contribution in [1.29, 1.82) is 0 Å². The highest BCUT2D eigenvalue weighted by atomic mass is 16.7. The number of amides is 1. The zero-order valence-corrected chi connectivity index (χ0v) is 21.1. The molecule has 0 aliphatic carbocycles. The lowest BCUT2D eigenvalue weighted by molar-refractivity contribution is -0.187. The molecule has 4 N–H and O–H groups in total. The van der Waals surface area contributed by atoms with Crippen molar-refractivity contribution in [3.63, 3.8) is 0 Å². The summed E-state index contributed by atoms with van der Waals surface area (Å²) >= 11 is 0. The number of carbonyl (C=O) groups is 1. The van der Waals surface area contributed by atoms with E-state index in [1.165, 1.54) is 6.07 Å². The maximum atomic E-state index is 12.9. The van der Waals surface area contributed by atoms with Crippen molar-refractivity contribution in [1.82, 2.24) is 15.2 Å². The van der Waals surface area contributed by atoms with Crippen molar-refractivity contribution < 1.29 is 29.6 Å². The fraction of sp³-hybridized carbons (Fsp3) is 0.556. The molecule has 1 aromatic heterocycles. The van der Waals surface area contributed by atoms with Crippen LogP contribution >= 0.6 is 0 Å². The van der Waals surface area contributed by atoms with Crippen molar-refractivity contribution in [2.75, 3.05) is 32.8 Å². The van der Waals surface area contributed by atoms with Crippen LogP contribution < -0.4 is 5.32 Å². The van der Waals surface area contributed by atoms with E-state index in [4.69, 9.17) is 9.47 Å². The monoisotopic (exact) mass is 499 g/mol. The Labute approximate surface area is 212 Å². The molecule has 1 unspecified atom stereocenters. The minimum absolute atomic E-state index is 0.0962. The van der Waals surface area contributed by atoms with Crippen molar-refractivity contribution in [2.24, 2.45) is 0 Å². The second-order valence-electron chi connectivity index (χ2n) is 10.3. The lowest BCUT2D eigenvalue weighted by atomic mass is 9.93. The number of ether oxygens (including phenoxy) is 2. The molecular formula is C27H37N3O6. The third kappa shape index (κ3) is 6.60. The molecule has 2 aliphatic heterocycles. The predicted molar refractivity (Wildman–Crippen MR) is 133 cm³/mol. The zero-order chi connectivity index (χ0) is 25.8. The molecule has 0 bridgehead atoms. The quantitative estimate of drug-likeness (QED) is 0.412. The molecule has 2 aromatic rings. The van der Waals surface area contributed by atoms with Crippen LogP contribution in [-0.4, -0.2) is 75.3 Å². The van der Waals surface area contributed by atoms with Gasteiger partial charge < -0.3 is 35.0 Å². The summed E-state index contributed by atoms with van der Waals surface area (Å²) in [6.45, 7) is 6.52. The van der Waals surface area contributed by atoms with Crippen molar-refractivity contribution in [3.8, 4) is 5.75 Å². The second kappa shape index (κ2) is 11.2. The van der Waals surface area contributed by atoms with E-state index in [2.05, 4.69) is 30.2 Å². The number of aromatic hydroxyl groups is 1. The van der Waals surface area contributed by atoms with Crippen LogP contribution in [0.25, 0.3) is 0 Å². The predicted octanol–water partition coefficient (Wildman–Crippen LogP) is 1.83. The lowest BCUT2D eigenvalue weighted by Crippen LogP contribution is -2.47. The number of β-amino-alcohol motifs (C(OH)–C–C–N with tert-alkyl or cyclic N) is 1. The number of piperidine rings is 1. The topological polar surface area (TPSA) is 124 Å². The number of carbonyl (C=O) groups excluding carboxylic acids is 1. The summed E-state index contributed by atoms with van der Waals surface area (Å²) in [6.07, 6.45) is 1.60. The third-order valence-electron chi connectivity index (χ3n) is 6.92. The van der Waals surface area contributed by atoms with Crippen LogP contribution in [0.3, 0.4) is 0 Å². The Hall–Kier alpha value is -2.56.